The highest BCUT2D eigenvalue weighted by Crippen LogP contribution is 2.24. The van der Waals surface area contributed by atoms with Crippen molar-refractivity contribution in [3.05, 3.63) is 137 Å². The van der Waals surface area contributed by atoms with Crippen LogP contribution in [0.15, 0.2) is 114 Å². The van der Waals surface area contributed by atoms with Gasteiger partial charge >= 0.3 is 5.97 Å². The number of anilines is 1. The zero-order valence-corrected chi connectivity index (χ0v) is 23.6. The van der Waals surface area contributed by atoms with E-state index in [2.05, 4.69) is 10.3 Å². The topological polar surface area (TPSA) is 90.7 Å². The van der Waals surface area contributed by atoms with E-state index in [0.29, 0.717) is 47.9 Å². The van der Waals surface area contributed by atoms with Crippen molar-refractivity contribution in [3.8, 4) is 17.2 Å². The van der Waals surface area contributed by atoms with Crippen molar-refractivity contribution in [3.63, 3.8) is 0 Å². The summed E-state index contributed by atoms with van der Waals surface area (Å²) in [6, 6.07) is 32.9. The number of para-hydroxylation sites is 1. The minimum absolute atomic E-state index is 0.124. The summed E-state index contributed by atoms with van der Waals surface area (Å²) in [6.07, 6.45) is 0.973. The van der Waals surface area contributed by atoms with Crippen molar-refractivity contribution in [2.45, 2.75) is 25.8 Å². The van der Waals surface area contributed by atoms with Gasteiger partial charge in [-0.05, 0) is 48.9 Å². The number of rotatable bonds is 12. The predicted molar refractivity (Wildman–Crippen MR) is 162 cm³/mol. The minimum atomic E-state index is -0.694. The Morgan fingerprint density at radius 1 is 0.857 bits per heavy atom. The van der Waals surface area contributed by atoms with Crippen molar-refractivity contribution in [1.82, 2.24) is 4.98 Å². The molecule has 4 aromatic carbocycles. The summed E-state index contributed by atoms with van der Waals surface area (Å²) in [6.45, 7) is 2.35. The average molecular weight is 561 g/mol. The monoisotopic (exact) mass is 560 g/mol. The van der Waals surface area contributed by atoms with Crippen LogP contribution in [-0.2, 0) is 22.4 Å². The fourth-order valence-electron chi connectivity index (χ4n) is 4.66. The number of carbonyl (C=O) groups is 2. The van der Waals surface area contributed by atoms with E-state index in [9.17, 15) is 9.59 Å². The maximum absolute atomic E-state index is 13.2. The van der Waals surface area contributed by atoms with Gasteiger partial charge in [0.25, 0.3) is 0 Å². The fraction of sp³-hybridized carbons (Fsp3) is 0.171. The molecule has 1 N–H and O–H groups in total. The van der Waals surface area contributed by atoms with E-state index in [0.717, 1.165) is 22.6 Å². The number of hydrogen-bond donors (Lipinski definition) is 1. The summed E-state index contributed by atoms with van der Waals surface area (Å²) < 4.78 is 16.9. The number of ketones is 1. The van der Waals surface area contributed by atoms with Gasteiger partial charge in [0.1, 0.15) is 17.6 Å². The molecule has 5 rings (SSSR count). The highest BCUT2D eigenvalue weighted by molar-refractivity contribution is 6.12. The Morgan fingerprint density at radius 3 is 2.24 bits per heavy atom. The van der Waals surface area contributed by atoms with Crippen molar-refractivity contribution >= 4 is 17.4 Å². The molecule has 1 aromatic heterocycles. The molecule has 1 unspecified atom stereocenters. The Kier molecular flexibility index (Phi) is 9.09. The van der Waals surface area contributed by atoms with E-state index in [1.54, 1.807) is 30.3 Å². The number of benzene rings is 4. The summed E-state index contributed by atoms with van der Waals surface area (Å²) in [4.78, 5) is 30.5. The lowest BCUT2D eigenvalue weighted by molar-refractivity contribution is -0.141. The number of ether oxygens (including phenoxy) is 2. The first-order valence-electron chi connectivity index (χ1n) is 13.8. The summed E-state index contributed by atoms with van der Waals surface area (Å²) >= 11 is 0. The summed E-state index contributed by atoms with van der Waals surface area (Å²) in [7, 11) is 1.36. The third-order valence-electron chi connectivity index (χ3n) is 6.91. The van der Waals surface area contributed by atoms with E-state index in [-0.39, 0.29) is 5.78 Å². The number of esters is 1. The van der Waals surface area contributed by atoms with Gasteiger partial charge in [-0.15, -0.1) is 0 Å². The molecule has 0 fully saturated rings. The van der Waals surface area contributed by atoms with Crippen molar-refractivity contribution in [2.75, 3.05) is 19.0 Å². The predicted octanol–water partition coefficient (Wildman–Crippen LogP) is 6.70. The summed E-state index contributed by atoms with van der Waals surface area (Å²) in [5, 5.41) is 3.24. The normalized spacial score (nSPS) is 11.5. The van der Waals surface area contributed by atoms with Crippen LogP contribution >= 0.6 is 0 Å². The first-order chi connectivity index (χ1) is 20.5. The fourth-order valence-corrected chi connectivity index (χ4v) is 4.66. The highest BCUT2D eigenvalue weighted by atomic mass is 16.5. The average Bonchev–Trinajstić information content (AvgIpc) is 3.42. The van der Waals surface area contributed by atoms with Gasteiger partial charge in [0.05, 0.1) is 19.4 Å². The first-order valence-corrected chi connectivity index (χ1v) is 13.8. The highest BCUT2D eigenvalue weighted by Gasteiger charge is 2.22. The van der Waals surface area contributed by atoms with Gasteiger partial charge in [-0.1, -0.05) is 72.8 Å². The molecule has 0 aliphatic carbocycles. The van der Waals surface area contributed by atoms with Crippen molar-refractivity contribution in [2.24, 2.45) is 0 Å². The molecule has 5 aromatic rings. The van der Waals surface area contributed by atoms with Crippen LogP contribution in [0.25, 0.3) is 11.5 Å². The smallest absolute Gasteiger partial charge is 0.328 e. The van der Waals surface area contributed by atoms with Crippen LogP contribution in [0.3, 0.4) is 0 Å². The van der Waals surface area contributed by atoms with Crippen LogP contribution in [0, 0.1) is 6.92 Å². The molecule has 42 heavy (non-hydrogen) atoms. The molecule has 1 heterocycles. The lowest BCUT2D eigenvalue weighted by atomic mass is 10.00. The molecular weight excluding hydrogens is 528 g/mol. The summed E-state index contributed by atoms with van der Waals surface area (Å²) in [5.41, 5.74) is 4.35. The maximum Gasteiger partial charge on any atom is 0.328 e. The molecule has 7 nitrogen and oxygen atoms in total. The molecule has 0 saturated carbocycles. The Bertz CT molecular complexity index is 1630. The SMILES string of the molecule is COC(=O)C(Cc1ccc(OCCc2nc(-c3ccccc3)oc2C)cc1)Nc1ccccc1C(=O)c1ccccc1. The molecule has 212 valence electrons. The second-order valence-corrected chi connectivity index (χ2v) is 9.80. The van der Waals surface area contributed by atoms with Crippen LogP contribution in [0.2, 0.25) is 0 Å². The van der Waals surface area contributed by atoms with Gasteiger partial charge in [-0.25, -0.2) is 9.78 Å². The van der Waals surface area contributed by atoms with E-state index in [1.807, 2.05) is 85.8 Å². The van der Waals surface area contributed by atoms with E-state index in [1.165, 1.54) is 7.11 Å². The molecule has 7 heteroatoms. The minimum Gasteiger partial charge on any atom is -0.493 e. The molecule has 1 atom stereocenters. The maximum atomic E-state index is 13.2. The third kappa shape index (κ3) is 6.93. The Balaban J connectivity index is 1.21. The van der Waals surface area contributed by atoms with Crippen LogP contribution < -0.4 is 10.1 Å². The Morgan fingerprint density at radius 2 is 1.52 bits per heavy atom. The summed E-state index contributed by atoms with van der Waals surface area (Å²) in [5.74, 6) is 1.55. The number of methoxy groups -OCH3 is 1. The number of oxazole rings is 1. The standard InChI is InChI=1S/C35H32N2O5/c1-24-30(37-34(42-24)27-13-7-4-8-14-27)21-22-41-28-19-17-25(18-20-28)23-32(35(39)40-2)36-31-16-10-9-15-29(31)33(38)26-11-5-3-6-12-26/h3-20,32,36H,21-23H2,1-2H3. The van der Waals surface area contributed by atoms with Gasteiger partial charge in [-0.2, -0.15) is 0 Å². The van der Waals surface area contributed by atoms with E-state index >= 15 is 0 Å². The lowest BCUT2D eigenvalue weighted by Gasteiger charge is -2.20. The Labute approximate surface area is 245 Å². The molecular formula is C35H32N2O5. The van der Waals surface area contributed by atoms with Crippen molar-refractivity contribution in [1.29, 1.82) is 0 Å². The van der Waals surface area contributed by atoms with Gasteiger partial charge in [0, 0.05) is 35.2 Å². The molecule has 0 radical (unpaired) electrons. The van der Waals surface area contributed by atoms with Gasteiger partial charge in [0.2, 0.25) is 5.89 Å². The van der Waals surface area contributed by atoms with Gasteiger partial charge < -0.3 is 19.2 Å². The zero-order chi connectivity index (χ0) is 29.3. The molecule has 0 amide bonds. The third-order valence-corrected chi connectivity index (χ3v) is 6.91. The van der Waals surface area contributed by atoms with E-state index in [4.69, 9.17) is 13.9 Å². The second-order valence-electron chi connectivity index (χ2n) is 9.80. The lowest BCUT2D eigenvalue weighted by Crippen LogP contribution is -2.33. The number of aryl methyl sites for hydroxylation is 1. The van der Waals surface area contributed by atoms with Gasteiger partial charge in [-0.3, -0.25) is 4.79 Å². The largest absolute Gasteiger partial charge is 0.493 e. The van der Waals surface area contributed by atoms with E-state index < -0.39 is 12.0 Å². The molecule has 0 aliphatic rings. The van der Waals surface area contributed by atoms with Crippen molar-refractivity contribution < 1.29 is 23.5 Å². The Hall–Kier alpha value is -5.17. The zero-order valence-electron chi connectivity index (χ0n) is 23.6. The number of nitrogens with one attached hydrogen (secondary N) is 1. The first kappa shape index (κ1) is 28.4. The molecule has 0 bridgehead atoms. The van der Waals surface area contributed by atoms with Crippen LogP contribution in [0.1, 0.15) is 32.9 Å². The van der Waals surface area contributed by atoms with Crippen LogP contribution in [-0.4, -0.2) is 36.5 Å². The quantitative estimate of drug-likeness (QED) is 0.134. The molecule has 0 aliphatic heterocycles. The van der Waals surface area contributed by atoms with Gasteiger partial charge in [0.15, 0.2) is 5.78 Å². The number of aromatic nitrogens is 1. The van der Waals surface area contributed by atoms with Crippen LogP contribution in [0.4, 0.5) is 5.69 Å². The molecule has 0 spiro atoms. The van der Waals surface area contributed by atoms with Crippen LogP contribution in [0.5, 0.6) is 5.75 Å². The molecule has 0 saturated heterocycles. The second kappa shape index (κ2) is 13.5. The number of hydrogen-bond acceptors (Lipinski definition) is 7. The number of nitrogens with zero attached hydrogens (tertiary/aromatic N) is 1. The number of carbonyl (C=O) groups excluding carboxylic acids is 2.